The van der Waals surface area contributed by atoms with E-state index >= 15 is 0 Å². The molecule has 78 valence electrons. The van der Waals surface area contributed by atoms with Crippen molar-refractivity contribution in [3.8, 4) is 0 Å². The maximum atomic E-state index is 5.67. The van der Waals surface area contributed by atoms with E-state index < -0.39 is 0 Å². The average Bonchev–Trinajstić information content (AvgIpc) is 2.53. The van der Waals surface area contributed by atoms with Gasteiger partial charge in [0, 0.05) is 5.69 Å². The Morgan fingerprint density at radius 1 is 1.57 bits per heavy atom. The third-order valence-corrected chi connectivity index (χ3v) is 3.45. The Morgan fingerprint density at radius 2 is 2.36 bits per heavy atom. The first kappa shape index (κ1) is 9.71. The molecule has 1 heterocycles. The topological polar surface area (TPSA) is 54.7 Å². The lowest BCUT2D eigenvalue weighted by Crippen LogP contribution is -2.21. The van der Waals surface area contributed by atoms with Crippen LogP contribution in [0, 0.1) is 12.8 Å². The summed E-state index contributed by atoms with van der Waals surface area (Å²) < 4.78 is 0. The van der Waals surface area contributed by atoms with Gasteiger partial charge in [0.1, 0.15) is 0 Å². The maximum Gasteiger partial charge on any atom is 0.0659 e. The van der Waals surface area contributed by atoms with Crippen molar-refractivity contribution in [2.45, 2.75) is 39.0 Å². The van der Waals surface area contributed by atoms with E-state index in [1.807, 2.05) is 0 Å². The Hall–Kier alpha value is -0.830. The number of rotatable bonds is 2. The summed E-state index contributed by atoms with van der Waals surface area (Å²) >= 11 is 0. The summed E-state index contributed by atoms with van der Waals surface area (Å²) in [6.07, 6.45) is 3.47. The lowest BCUT2D eigenvalue weighted by molar-refractivity contribution is 0.384. The van der Waals surface area contributed by atoms with Gasteiger partial charge in [-0.3, -0.25) is 5.10 Å². The number of aromatic amines is 1. The predicted octanol–water partition coefficient (Wildman–Crippen LogP) is 1.73. The second-order valence-electron chi connectivity index (χ2n) is 4.41. The molecule has 1 aromatic rings. The third-order valence-electron chi connectivity index (χ3n) is 3.45. The van der Waals surface area contributed by atoms with Crippen LogP contribution in [0.2, 0.25) is 0 Å². The fraction of sp³-hybridized carbons (Fsp3) is 0.727. The summed E-state index contributed by atoms with van der Waals surface area (Å²) in [4.78, 5) is 0. The van der Waals surface area contributed by atoms with Crippen molar-refractivity contribution in [3.63, 3.8) is 0 Å². The number of nitrogens with zero attached hydrogens (tertiary/aromatic N) is 1. The molecule has 0 radical (unpaired) electrons. The molecule has 0 amide bonds. The normalized spacial score (nSPS) is 26.2. The minimum Gasteiger partial charge on any atom is -0.330 e. The molecule has 14 heavy (non-hydrogen) atoms. The number of nitrogens with one attached hydrogen (secondary N) is 1. The average molecular weight is 193 g/mol. The first-order valence-electron chi connectivity index (χ1n) is 5.47. The first-order valence-corrected chi connectivity index (χ1v) is 5.47. The molecule has 0 spiro atoms. The number of hydrogen-bond acceptors (Lipinski definition) is 2. The summed E-state index contributed by atoms with van der Waals surface area (Å²) in [5, 5.41) is 7.45. The molecule has 1 aliphatic carbocycles. The molecule has 1 aromatic heterocycles. The summed E-state index contributed by atoms with van der Waals surface area (Å²) in [5.41, 5.74) is 9.64. The van der Waals surface area contributed by atoms with Gasteiger partial charge < -0.3 is 5.73 Å². The smallest absolute Gasteiger partial charge is 0.0659 e. The van der Waals surface area contributed by atoms with Crippen LogP contribution >= 0.6 is 0 Å². The Bertz CT molecular complexity index is 316. The minimum atomic E-state index is 0.627. The molecule has 0 saturated heterocycles. The Morgan fingerprint density at radius 3 is 3.07 bits per heavy atom. The van der Waals surface area contributed by atoms with Crippen LogP contribution in [0.25, 0.3) is 0 Å². The van der Waals surface area contributed by atoms with Gasteiger partial charge in [-0.1, -0.05) is 6.92 Å². The van der Waals surface area contributed by atoms with E-state index in [0.717, 1.165) is 25.3 Å². The minimum absolute atomic E-state index is 0.627. The number of aryl methyl sites for hydroxylation is 2. The molecule has 3 heteroatoms. The van der Waals surface area contributed by atoms with Gasteiger partial charge in [0.25, 0.3) is 0 Å². The van der Waals surface area contributed by atoms with Crippen molar-refractivity contribution in [3.05, 3.63) is 17.0 Å². The summed E-state index contributed by atoms with van der Waals surface area (Å²) in [6, 6.07) is 0. The molecule has 3 N–H and O–H groups in total. The van der Waals surface area contributed by atoms with Crippen LogP contribution in [0.5, 0.6) is 0 Å². The highest BCUT2D eigenvalue weighted by molar-refractivity contribution is 5.31. The van der Waals surface area contributed by atoms with Crippen molar-refractivity contribution in [2.75, 3.05) is 6.54 Å². The standard InChI is InChI=1S/C11H19N3/c1-7-3-4-10-11(8(2)13-14-10)9(7)5-6-12/h7,9H,3-6,12H2,1-2H3,(H,13,14). The van der Waals surface area contributed by atoms with E-state index in [-0.39, 0.29) is 0 Å². The molecule has 1 aliphatic rings. The second-order valence-corrected chi connectivity index (χ2v) is 4.41. The first-order chi connectivity index (χ1) is 6.74. The number of aromatic nitrogens is 2. The van der Waals surface area contributed by atoms with Crippen molar-refractivity contribution in [1.29, 1.82) is 0 Å². The Labute approximate surface area is 85.1 Å². The summed E-state index contributed by atoms with van der Waals surface area (Å²) in [6.45, 7) is 5.22. The van der Waals surface area contributed by atoms with Gasteiger partial charge in [0.15, 0.2) is 0 Å². The highest BCUT2D eigenvalue weighted by atomic mass is 15.1. The number of hydrogen-bond donors (Lipinski definition) is 2. The number of H-pyrrole nitrogens is 1. The third kappa shape index (κ3) is 1.46. The van der Waals surface area contributed by atoms with Gasteiger partial charge in [0.05, 0.1) is 5.69 Å². The number of fused-ring (bicyclic) bond motifs is 1. The Balaban J connectivity index is 2.34. The van der Waals surface area contributed by atoms with Crippen LogP contribution in [-0.4, -0.2) is 16.7 Å². The van der Waals surface area contributed by atoms with Gasteiger partial charge in [-0.15, -0.1) is 0 Å². The second kappa shape index (κ2) is 3.73. The van der Waals surface area contributed by atoms with Crippen molar-refractivity contribution < 1.29 is 0 Å². The molecule has 0 aliphatic heterocycles. The molecular formula is C11H19N3. The SMILES string of the molecule is Cc1[nH]nc2c1C(CCN)C(C)CC2. The predicted molar refractivity (Wildman–Crippen MR) is 57.2 cm³/mol. The van der Waals surface area contributed by atoms with Crippen LogP contribution in [-0.2, 0) is 6.42 Å². The highest BCUT2D eigenvalue weighted by Crippen LogP contribution is 2.38. The molecule has 0 fully saturated rings. The summed E-state index contributed by atoms with van der Waals surface area (Å²) in [7, 11) is 0. The van der Waals surface area contributed by atoms with Gasteiger partial charge >= 0.3 is 0 Å². The Kier molecular flexibility index (Phi) is 2.59. The number of nitrogens with two attached hydrogens (primary N) is 1. The zero-order valence-corrected chi connectivity index (χ0v) is 9.01. The molecule has 3 nitrogen and oxygen atoms in total. The largest absolute Gasteiger partial charge is 0.330 e. The van der Waals surface area contributed by atoms with E-state index in [4.69, 9.17) is 5.73 Å². The monoisotopic (exact) mass is 193 g/mol. The van der Waals surface area contributed by atoms with E-state index in [9.17, 15) is 0 Å². The fourth-order valence-corrected chi connectivity index (χ4v) is 2.63. The van der Waals surface area contributed by atoms with Crippen LogP contribution in [0.4, 0.5) is 0 Å². The van der Waals surface area contributed by atoms with Gasteiger partial charge in [0.2, 0.25) is 0 Å². The molecule has 2 unspecified atom stereocenters. The quantitative estimate of drug-likeness (QED) is 0.751. The molecule has 0 aromatic carbocycles. The van der Waals surface area contributed by atoms with Gasteiger partial charge in [-0.2, -0.15) is 5.10 Å². The van der Waals surface area contributed by atoms with Gasteiger partial charge in [-0.25, -0.2) is 0 Å². The zero-order chi connectivity index (χ0) is 10.1. The fourth-order valence-electron chi connectivity index (χ4n) is 2.63. The highest BCUT2D eigenvalue weighted by Gasteiger charge is 2.29. The van der Waals surface area contributed by atoms with E-state index in [2.05, 4.69) is 24.0 Å². The van der Waals surface area contributed by atoms with Crippen molar-refractivity contribution in [1.82, 2.24) is 10.2 Å². The molecular weight excluding hydrogens is 174 g/mol. The molecule has 0 saturated carbocycles. The van der Waals surface area contributed by atoms with E-state index in [1.165, 1.54) is 23.4 Å². The van der Waals surface area contributed by atoms with Crippen LogP contribution < -0.4 is 5.73 Å². The zero-order valence-electron chi connectivity index (χ0n) is 9.01. The molecule has 2 atom stereocenters. The van der Waals surface area contributed by atoms with E-state index in [1.54, 1.807) is 0 Å². The lowest BCUT2D eigenvalue weighted by Gasteiger charge is -2.28. The van der Waals surface area contributed by atoms with E-state index in [0.29, 0.717) is 5.92 Å². The summed E-state index contributed by atoms with van der Waals surface area (Å²) in [5.74, 6) is 1.38. The van der Waals surface area contributed by atoms with Crippen molar-refractivity contribution in [2.24, 2.45) is 11.7 Å². The van der Waals surface area contributed by atoms with Gasteiger partial charge in [-0.05, 0) is 50.1 Å². The van der Waals surface area contributed by atoms with Crippen LogP contribution in [0.3, 0.4) is 0 Å². The maximum absolute atomic E-state index is 5.67. The van der Waals surface area contributed by atoms with Crippen LogP contribution in [0.1, 0.15) is 42.6 Å². The molecule has 0 bridgehead atoms. The van der Waals surface area contributed by atoms with Crippen LogP contribution in [0.15, 0.2) is 0 Å². The lowest BCUT2D eigenvalue weighted by atomic mass is 9.76. The molecule has 2 rings (SSSR count). The van der Waals surface area contributed by atoms with Crippen molar-refractivity contribution >= 4 is 0 Å².